The lowest BCUT2D eigenvalue weighted by Crippen LogP contribution is -2.44. The maximum atomic E-state index is 13.6. The van der Waals surface area contributed by atoms with Gasteiger partial charge in [0.05, 0.1) is 6.54 Å². The van der Waals surface area contributed by atoms with Gasteiger partial charge in [-0.3, -0.25) is 14.5 Å². The molecule has 1 unspecified atom stereocenters. The predicted molar refractivity (Wildman–Crippen MR) is 172 cm³/mol. The highest BCUT2D eigenvalue weighted by Crippen LogP contribution is 2.31. The van der Waals surface area contributed by atoms with Gasteiger partial charge in [0.2, 0.25) is 0 Å². The van der Waals surface area contributed by atoms with Crippen molar-refractivity contribution in [3.05, 3.63) is 62.1 Å². The van der Waals surface area contributed by atoms with Gasteiger partial charge in [0, 0.05) is 72.9 Å². The van der Waals surface area contributed by atoms with E-state index in [-0.39, 0.29) is 24.1 Å². The Kier molecular flexibility index (Phi) is 10.9. The fraction of sp³-hybridized carbons (Fsp3) is 0.588. The van der Waals surface area contributed by atoms with Gasteiger partial charge in [0.1, 0.15) is 0 Å². The maximum Gasteiger partial charge on any atom is 0.253 e. The van der Waals surface area contributed by atoms with Crippen LogP contribution < -0.4 is 16.2 Å². The van der Waals surface area contributed by atoms with E-state index in [1.807, 2.05) is 32.9 Å². The van der Waals surface area contributed by atoms with Crippen molar-refractivity contribution < 1.29 is 4.79 Å². The van der Waals surface area contributed by atoms with Crippen LogP contribution in [-0.2, 0) is 6.54 Å². The minimum atomic E-state index is -0.197. The number of amides is 1. The van der Waals surface area contributed by atoms with E-state index in [9.17, 15) is 9.59 Å². The fourth-order valence-corrected chi connectivity index (χ4v) is 6.28. The zero-order valence-corrected chi connectivity index (χ0v) is 26.7. The van der Waals surface area contributed by atoms with E-state index >= 15 is 0 Å². The van der Waals surface area contributed by atoms with Gasteiger partial charge in [-0.05, 0) is 110 Å². The number of nitrogens with zero attached hydrogens (tertiary/aromatic N) is 3. The molecule has 4 rings (SSSR count). The number of hydrogen-bond donors (Lipinski definition) is 3. The molecule has 1 saturated carbocycles. The van der Waals surface area contributed by atoms with E-state index in [1.54, 1.807) is 0 Å². The predicted octanol–water partition coefficient (Wildman–Crippen LogP) is 3.75. The van der Waals surface area contributed by atoms with E-state index < -0.39 is 0 Å². The smallest absolute Gasteiger partial charge is 0.253 e. The largest absolute Gasteiger partial charge is 0.382 e. The van der Waals surface area contributed by atoms with E-state index in [1.165, 1.54) is 25.7 Å². The number of hydrogen-bond acceptors (Lipinski definition) is 6. The number of aryl methyl sites for hydroxylation is 2. The third-order valence-corrected chi connectivity index (χ3v) is 9.27. The Morgan fingerprint density at radius 1 is 1.07 bits per heavy atom. The molecule has 228 valence electrons. The van der Waals surface area contributed by atoms with Crippen molar-refractivity contribution in [2.75, 3.05) is 59.2 Å². The highest BCUT2D eigenvalue weighted by Gasteiger charge is 2.27. The number of carbonyl (C=O) groups excluding carboxylic acids is 1. The van der Waals surface area contributed by atoms with Gasteiger partial charge in [-0.2, -0.15) is 0 Å². The van der Waals surface area contributed by atoms with Crippen molar-refractivity contribution in [3.8, 4) is 11.8 Å². The zero-order chi connectivity index (χ0) is 30.4. The van der Waals surface area contributed by atoms with E-state index in [2.05, 4.69) is 76.3 Å². The molecule has 2 heterocycles. The van der Waals surface area contributed by atoms with Crippen LogP contribution in [0.4, 0.5) is 5.69 Å². The maximum absolute atomic E-state index is 13.6. The molecule has 1 aliphatic carbocycles. The number of benzene rings is 1. The van der Waals surface area contributed by atoms with Crippen LogP contribution in [0.1, 0.15) is 70.9 Å². The number of aromatic nitrogens is 1. The minimum Gasteiger partial charge on any atom is -0.382 e. The second kappa shape index (κ2) is 14.4. The first kappa shape index (κ1) is 31.8. The van der Waals surface area contributed by atoms with Crippen LogP contribution in [0.15, 0.2) is 23.0 Å². The van der Waals surface area contributed by atoms with Crippen molar-refractivity contribution in [1.82, 2.24) is 25.0 Å². The number of nitrogens with one attached hydrogen (secondary N) is 3. The summed E-state index contributed by atoms with van der Waals surface area (Å²) in [6.07, 6.45) is 4.81. The first-order valence-electron chi connectivity index (χ1n) is 15.5. The van der Waals surface area contributed by atoms with Crippen molar-refractivity contribution in [2.45, 2.75) is 72.0 Å². The van der Waals surface area contributed by atoms with Crippen molar-refractivity contribution in [3.63, 3.8) is 0 Å². The van der Waals surface area contributed by atoms with Gasteiger partial charge in [0.25, 0.3) is 11.5 Å². The lowest BCUT2D eigenvalue weighted by Gasteiger charge is -2.36. The molecule has 1 amide bonds. The normalized spacial score (nSPS) is 20.6. The standard InChI is InChI=1S/C34H50N6O2/c1-23-19-24(2)36-34(42)31(23)22-35-33(41)30-20-27(9-8-14-40-17-15-39(7)16-18-40)21-32(25(30)3)37-26(4)28-10-12-29(13-11-28)38(5)6/h19-21,26,28-29,37H,10-18,22H2,1-7H3,(H,35,41)(H,36,42). The topological polar surface area (TPSA) is 83.7 Å². The lowest BCUT2D eigenvalue weighted by molar-refractivity contribution is 0.0950. The average Bonchev–Trinajstić information content (AvgIpc) is 2.95. The first-order valence-corrected chi connectivity index (χ1v) is 15.5. The molecular formula is C34H50N6O2. The third kappa shape index (κ3) is 8.25. The SMILES string of the molecule is Cc1cc(C)c(CNC(=O)c2cc(C#CCN3CCN(C)CC3)cc(NC(C)C3CCC(N(C)C)CC3)c2C)c(=O)[nH]1. The highest BCUT2D eigenvalue weighted by molar-refractivity contribution is 5.97. The van der Waals surface area contributed by atoms with Crippen LogP contribution in [0, 0.1) is 38.5 Å². The molecule has 8 heteroatoms. The monoisotopic (exact) mass is 574 g/mol. The van der Waals surface area contributed by atoms with Crippen molar-refractivity contribution >= 4 is 11.6 Å². The van der Waals surface area contributed by atoms with Crippen LogP contribution in [0.25, 0.3) is 0 Å². The molecule has 2 aliphatic rings. The number of rotatable bonds is 8. The second-order valence-electron chi connectivity index (χ2n) is 12.7. The number of likely N-dealkylation sites (N-methyl/N-ethyl adjacent to an activating group) is 1. The van der Waals surface area contributed by atoms with Gasteiger partial charge >= 0.3 is 0 Å². The zero-order valence-electron chi connectivity index (χ0n) is 26.7. The molecule has 1 aromatic heterocycles. The Hall–Kier alpha value is -3.12. The summed E-state index contributed by atoms with van der Waals surface area (Å²) in [7, 11) is 6.51. The van der Waals surface area contributed by atoms with E-state index in [4.69, 9.17) is 0 Å². The summed E-state index contributed by atoms with van der Waals surface area (Å²) in [5, 5.41) is 6.77. The third-order valence-electron chi connectivity index (χ3n) is 9.27. The molecule has 0 radical (unpaired) electrons. The van der Waals surface area contributed by atoms with Gasteiger partial charge < -0.3 is 25.4 Å². The molecule has 2 aromatic rings. The van der Waals surface area contributed by atoms with Crippen molar-refractivity contribution in [2.24, 2.45) is 5.92 Å². The van der Waals surface area contributed by atoms with Gasteiger partial charge in [0.15, 0.2) is 0 Å². The summed E-state index contributed by atoms with van der Waals surface area (Å²) in [4.78, 5) is 36.0. The number of aromatic amines is 1. The molecule has 1 aromatic carbocycles. The van der Waals surface area contributed by atoms with Gasteiger partial charge in [-0.1, -0.05) is 11.8 Å². The molecule has 0 bridgehead atoms. The molecule has 42 heavy (non-hydrogen) atoms. The molecule has 1 saturated heterocycles. The van der Waals surface area contributed by atoms with Crippen LogP contribution >= 0.6 is 0 Å². The number of pyridine rings is 1. The van der Waals surface area contributed by atoms with Gasteiger partial charge in [-0.25, -0.2) is 0 Å². The Labute approximate surface area is 252 Å². The summed E-state index contributed by atoms with van der Waals surface area (Å²) >= 11 is 0. The summed E-state index contributed by atoms with van der Waals surface area (Å²) in [5.41, 5.74) is 5.38. The number of anilines is 1. The number of piperazine rings is 1. The number of carbonyl (C=O) groups is 1. The lowest BCUT2D eigenvalue weighted by atomic mass is 9.81. The fourth-order valence-electron chi connectivity index (χ4n) is 6.28. The minimum absolute atomic E-state index is 0.159. The Bertz CT molecular complexity index is 1350. The molecular weight excluding hydrogens is 524 g/mol. The summed E-state index contributed by atoms with van der Waals surface area (Å²) in [5.74, 6) is 7.09. The van der Waals surface area contributed by atoms with Crippen LogP contribution in [0.3, 0.4) is 0 Å². The first-order chi connectivity index (χ1) is 20.0. The Morgan fingerprint density at radius 2 is 1.76 bits per heavy atom. The average molecular weight is 575 g/mol. The second-order valence-corrected chi connectivity index (χ2v) is 12.7. The van der Waals surface area contributed by atoms with Crippen LogP contribution in [-0.4, -0.2) is 91.5 Å². The van der Waals surface area contributed by atoms with Crippen LogP contribution in [0.5, 0.6) is 0 Å². The summed E-state index contributed by atoms with van der Waals surface area (Å²) in [6, 6.07) is 6.87. The summed E-state index contributed by atoms with van der Waals surface area (Å²) < 4.78 is 0. The quantitative estimate of drug-likeness (QED) is 0.417. The molecule has 1 atom stereocenters. The summed E-state index contributed by atoms with van der Waals surface area (Å²) in [6.45, 7) is 13.1. The van der Waals surface area contributed by atoms with E-state index in [0.717, 1.165) is 54.3 Å². The highest BCUT2D eigenvalue weighted by atomic mass is 16.1. The Balaban J connectivity index is 1.54. The molecule has 3 N–H and O–H groups in total. The van der Waals surface area contributed by atoms with Gasteiger partial charge in [-0.15, -0.1) is 0 Å². The molecule has 2 fully saturated rings. The molecule has 8 nitrogen and oxygen atoms in total. The van der Waals surface area contributed by atoms with Crippen molar-refractivity contribution in [1.29, 1.82) is 0 Å². The van der Waals surface area contributed by atoms with E-state index in [0.29, 0.717) is 29.6 Å². The number of H-pyrrole nitrogens is 1. The molecule has 0 spiro atoms. The van der Waals surface area contributed by atoms with Crippen LogP contribution in [0.2, 0.25) is 0 Å². The molecule has 1 aliphatic heterocycles. The Morgan fingerprint density at radius 3 is 2.40 bits per heavy atom.